The fourth-order valence-electron chi connectivity index (χ4n) is 2.02. The van der Waals surface area contributed by atoms with E-state index < -0.39 is 0 Å². The quantitative estimate of drug-likeness (QED) is 0.808. The van der Waals surface area contributed by atoms with Crippen molar-refractivity contribution in [2.24, 2.45) is 0 Å². The lowest BCUT2D eigenvalue weighted by Crippen LogP contribution is -2.28. The molecule has 1 atom stereocenters. The zero-order chi connectivity index (χ0) is 11.4. The van der Waals surface area contributed by atoms with E-state index in [1.807, 2.05) is 30.5 Å². The molecule has 0 fully saturated rings. The Balaban J connectivity index is 2.24. The highest BCUT2D eigenvalue weighted by atomic mass is 16.3. The molecule has 2 N–H and O–H groups in total. The largest absolute Gasteiger partial charge is 0.392 e. The summed E-state index contributed by atoms with van der Waals surface area (Å²) in [6.07, 6.45) is 4.76. The predicted molar refractivity (Wildman–Crippen MR) is 66.0 cm³/mol. The fraction of sp³-hybridized carbons (Fsp3) is 0.286. The van der Waals surface area contributed by atoms with E-state index in [9.17, 15) is 5.11 Å². The minimum atomic E-state index is 0.116. The third-order valence-corrected chi connectivity index (χ3v) is 2.97. The molecule has 0 amide bonds. The summed E-state index contributed by atoms with van der Waals surface area (Å²) in [5.41, 5.74) is 3.60. The second kappa shape index (κ2) is 4.99. The Morgan fingerprint density at radius 3 is 2.69 bits per heavy atom. The Kier molecular flexibility index (Phi) is 3.42. The molecule has 1 heterocycles. The lowest BCUT2D eigenvalue weighted by molar-refractivity contribution is 0.331. The van der Waals surface area contributed by atoms with Crippen molar-refractivity contribution in [3.05, 3.63) is 59.3 Å². The van der Waals surface area contributed by atoms with Crippen LogP contribution in [0.4, 0.5) is 0 Å². The molecule has 84 valence electrons. The first-order valence-electron chi connectivity index (χ1n) is 5.60. The molecule has 1 aromatic carbocycles. The molecule has 2 rings (SSSR count). The van der Waals surface area contributed by atoms with E-state index in [1.54, 1.807) is 0 Å². The predicted octanol–water partition coefficient (Wildman–Crippen LogP) is 2.02. The highest BCUT2D eigenvalue weighted by Gasteiger charge is 2.14. The van der Waals surface area contributed by atoms with Crippen molar-refractivity contribution >= 4 is 0 Å². The van der Waals surface area contributed by atoms with Gasteiger partial charge in [0, 0.05) is 6.04 Å². The Hall–Kier alpha value is -1.54. The molecule has 0 saturated carbocycles. The van der Waals surface area contributed by atoms with Crippen molar-refractivity contribution in [3.8, 4) is 0 Å². The van der Waals surface area contributed by atoms with Gasteiger partial charge in [-0.25, -0.2) is 0 Å². The molecular weight excluding hydrogens is 198 g/mol. The fourth-order valence-corrected chi connectivity index (χ4v) is 2.02. The summed E-state index contributed by atoms with van der Waals surface area (Å²) in [5, 5.41) is 12.6. The van der Waals surface area contributed by atoms with Crippen LogP contribution in [0.15, 0.2) is 53.8 Å². The number of aliphatic hydroxyl groups is 1. The molecule has 1 aliphatic rings. The Labute approximate surface area is 96.3 Å². The smallest absolute Gasteiger partial charge is 0.0682 e. The molecule has 1 aromatic rings. The van der Waals surface area contributed by atoms with Crippen molar-refractivity contribution in [1.29, 1.82) is 0 Å². The van der Waals surface area contributed by atoms with Crippen LogP contribution in [0, 0.1) is 0 Å². The summed E-state index contributed by atoms with van der Waals surface area (Å²) in [5.74, 6) is 0. The summed E-state index contributed by atoms with van der Waals surface area (Å²) < 4.78 is 0. The van der Waals surface area contributed by atoms with Crippen LogP contribution >= 0.6 is 0 Å². The third-order valence-electron chi connectivity index (χ3n) is 2.97. The maximum atomic E-state index is 9.32. The molecule has 1 aliphatic heterocycles. The molecule has 16 heavy (non-hydrogen) atoms. The Bertz CT molecular complexity index is 406. The summed E-state index contributed by atoms with van der Waals surface area (Å²) in [4.78, 5) is 0. The molecule has 0 radical (unpaired) electrons. The molecule has 0 saturated heterocycles. The highest BCUT2D eigenvalue weighted by molar-refractivity contribution is 5.36. The number of hydrogen-bond acceptors (Lipinski definition) is 2. The van der Waals surface area contributed by atoms with Gasteiger partial charge in [0.15, 0.2) is 0 Å². The van der Waals surface area contributed by atoms with Crippen molar-refractivity contribution in [2.75, 3.05) is 6.61 Å². The van der Waals surface area contributed by atoms with E-state index in [4.69, 9.17) is 0 Å². The van der Waals surface area contributed by atoms with Crippen molar-refractivity contribution in [2.45, 2.75) is 19.4 Å². The average molecular weight is 215 g/mol. The van der Waals surface area contributed by atoms with Gasteiger partial charge in [0.25, 0.3) is 0 Å². The number of nitrogens with one attached hydrogen (secondary N) is 1. The summed E-state index contributed by atoms with van der Waals surface area (Å²) in [6, 6.07) is 10.6. The minimum Gasteiger partial charge on any atom is -0.392 e. The van der Waals surface area contributed by atoms with Crippen LogP contribution in [0.25, 0.3) is 0 Å². The topological polar surface area (TPSA) is 32.3 Å². The van der Waals surface area contributed by atoms with Gasteiger partial charge in [-0.15, -0.1) is 0 Å². The van der Waals surface area contributed by atoms with Gasteiger partial charge in [0.2, 0.25) is 0 Å². The van der Waals surface area contributed by atoms with Gasteiger partial charge in [-0.2, -0.15) is 0 Å². The first kappa shape index (κ1) is 11.0. The average Bonchev–Trinajstić information content (AvgIpc) is 2.33. The zero-order valence-electron chi connectivity index (χ0n) is 9.48. The van der Waals surface area contributed by atoms with Crippen LogP contribution in [0.5, 0.6) is 0 Å². The van der Waals surface area contributed by atoms with Gasteiger partial charge >= 0.3 is 0 Å². The van der Waals surface area contributed by atoms with Gasteiger partial charge in [0.1, 0.15) is 0 Å². The number of benzene rings is 1. The van der Waals surface area contributed by atoms with E-state index in [2.05, 4.69) is 24.4 Å². The van der Waals surface area contributed by atoms with Crippen LogP contribution in [-0.2, 0) is 6.42 Å². The van der Waals surface area contributed by atoms with Gasteiger partial charge in [-0.3, -0.25) is 0 Å². The van der Waals surface area contributed by atoms with E-state index in [-0.39, 0.29) is 6.61 Å². The van der Waals surface area contributed by atoms with Crippen LogP contribution < -0.4 is 5.32 Å². The van der Waals surface area contributed by atoms with E-state index in [0.29, 0.717) is 6.04 Å². The Morgan fingerprint density at radius 1 is 1.25 bits per heavy atom. The number of dihydropyridines is 1. The van der Waals surface area contributed by atoms with Crippen LogP contribution in [0.3, 0.4) is 0 Å². The minimum absolute atomic E-state index is 0.116. The maximum Gasteiger partial charge on any atom is 0.0682 e. The zero-order valence-corrected chi connectivity index (χ0v) is 9.48. The summed E-state index contributed by atoms with van der Waals surface area (Å²) >= 11 is 0. The molecule has 2 nitrogen and oxygen atoms in total. The molecule has 1 unspecified atom stereocenters. The third kappa shape index (κ3) is 2.34. The van der Waals surface area contributed by atoms with E-state index in [0.717, 1.165) is 12.0 Å². The van der Waals surface area contributed by atoms with Gasteiger partial charge in [-0.05, 0) is 42.3 Å². The molecule has 0 bridgehead atoms. The number of hydrogen-bond donors (Lipinski definition) is 2. The van der Waals surface area contributed by atoms with Crippen LogP contribution in [-0.4, -0.2) is 17.8 Å². The lowest BCUT2D eigenvalue weighted by atomic mass is 9.93. The van der Waals surface area contributed by atoms with Crippen LogP contribution in [0.1, 0.15) is 12.5 Å². The standard InChI is InChI=1S/C14H17NO/c1-11-14(13(10-16)7-8-15-11)9-12-5-3-2-4-6-12/h2-8,11,15-16H,9-10H2,1H3. The molecule has 0 aromatic heterocycles. The second-order valence-corrected chi connectivity index (χ2v) is 4.09. The molecular formula is C14H17NO. The van der Waals surface area contributed by atoms with Crippen LogP contribution in [0.2, 0.25) is 0 Å². The number of aliphatic hydroxyl groups excluding tert-OH is 1. The van der Waals surface area contributed by atoms with Crippen molar-refractivity contribution < 1.29 is 5.11 Å². The second-order valence-electron chi connectivity index (χ2n) is 4.09. The van der Waals surface area contributed by atoms with E-state index >= 15 is 0 Å². The monoisotopic (exact) mass is 215 g/mol. The Morgan fingerprint density at radius 2 is 2.00 bits per heavy atom. The molecule has 0 spiro atoms. The number of rotatable bonds is 3. The van der Waals surface area contributed by atoms with E-state index in [1.165, 1.54) is 11.1 Å². The van der Waals surface area contributed by atoms with Crippen molar-refractivity contribution in [1.82, 2.24) is 5.32 Å². The van der Waals surface area contributed by atoms with Gasteiger partial charge < -0.3 is 10.4 Å². The van der Waals surface area contributed by atoms with Gasteiger partial charge in [-0.1, -0.05) is 30.3 Å². The first-order chi connectivity index (χ1) is 7.81. The summed E-state index contributed by atoms with van der Waals surface area (Å²) in [6.45, 7) is 2.24. The normalized spacial score (nSPS) is 19.8. The highest BCUT2D eigenvalue weighted by Crippen LogP contribution is 2.19. The summed E-state index contributed by atoms with van der Waals surface area (Å²) in [7, 11) is 0. The SMILES string of the molecule is CC1NC=CC(CO)=C1Cc1ccccc1. The molecule has 2 heteroatoms. The molecule has 0 aliphatic carbocycles. The van der Waals surface area contributed by atoms with Crippen molar-refractivity contribution in [3.63, 3.8) is 0 Å². The lowest BCUT2D eigenvalue weighted by Gasteiger charge is -2.23. The first-order valence-corrected chi connectivity index (χ1v) is 5.60. The maximum absolute atomic E-state index is 9.32. The van der Waals surface area contributed by atoms with Gasteiger partial charge in [0.05, 0.1) is 6.61 Å².